The van der Waals surface area contributed by atoms with Gasteiger partial charge in [0, 0.05) is 12.1 Å². The first kappa shape index (κ1) is 21.4. The van der Waals surface area contributed by atoms with Crippen LogP contribution in [0.25, 0.3) is 11.1 Å². The predicted molar refractivity (Wildman–Crippen MR) is 122 cm³/mol. The fraction of sp³-hybridized carbons (Fsp3) is 0.231. The summed E-state index contributed by atoms with van der Waals surface area (Å²) >= 11 is 0. The lowest BCUT2D eigenvalue weighted by Gasteiger charge is -2.36. The van der Waals surface area contributed by atoms with Gasteiger partial charge in [-0.1, -0.05) is 36.4 Å². The number of carboxylic acids is 1. The van der Waals surface area contributed by atoms with Crippen LogP contribution in [0.2, 0.25) is 0 Å². The Morgan fingerprint density at radius 1 is 0.906 bits per heavy atom. The zero-order valence-electron chi connectivity index (χ0n) is 18.3. The number of carbonyl (C=O) groups excluding carboxylic acids is 1. The van der Waals surface area contributed by atoms with Crippen molar-refractivity contribution in [1.29, 1.82) is 0 Å². The minimum atomic E-state index is -1.02. The molecule has 0 saturated carbocycles. The number of nitrogens with zero attached hydrogens (tertiary/aromatic N) is 1. The maximum atomic E-state index is 13.7. The third-order valence-electron chi connectivity index (χ3n) is 6.05. The number of hydrogen-bond acceptors (Lipinski definition) is 4. The number of benzene rings is 3. The van der Waals surface area contributed by atoms with Gasteiger partial charge in [-0.25, -0.2) is 4.79 Å². The molecular formula is C26H25NO5. The number of carbonyl (C=O) groups is 2. The van der Waals surface area contributed by atoms with Gasteiger partial charge >= 0.3 is 5.97 Å². The number of methoxy groups -OCH3 is 2. The summed E-state index contributed by atoms with van der Waals surface area (Å²) in [6, 6.07) is 17.7. The number of ether oxygens (including phenoxy) is 2. The molecule has 0 aliphatic carbocycles. The van der Waals surface area contributed by atoms with Crippen molar-refractivity contribution < 1.29 is 24.2 Å². The fourth-order valence-corrected chi connectivity index (χ4v) is 4.39. The largest absolute Gasteiger partial charge is 0.493 e. The van der Waals surface area contributed by atoms with Gasteiger partial charge in [-0.3, -0.25) is 4.79 Å². The van der Waals surface area contributed by atoms with Gasteiger partial charge in [-0.05, 0) is 59.9 Å². The molecule has 0 spiro atoms. The second kappa shape index (κ2) is 8.75. The highest BCUT2D eigenvalue weighted by atomic mass is 16.5. The van der Waals surface area contributed by atoms with E-state index in [4.69, 9.17) is 9.47 Å². The van der Waals surface area contributed by atoms with E-state index in [9.17, 15) is 14.7 Å². The maximum Gasteiger partial charge on any atom is 0.336 e. The van der Waals surface area contributed by atoms with Crippen molar-refractivity contribution in [1.82, 2.24) is 4.90 Å². The molecule has 164 valence electrons. The summed E-state index contributed by atoms with van der Waals surface area (Å²) in [5.41, 5.74) is 3.94. The van der Waals surface area contributed by atoms with Gasteiger partial charge in [-0.2, -0.15) is 0 Å². The van der Waals surface area contributed by atoms with Crippen molar-refractivity contribution in [3.8, 4) is 22.6 Å². The monoisotopic (exact) mass is 431 g/mol. The average Bonchev–Trinajstić information content (AvgIpc) is 2.83. The Kier molecular flexibility index (Phi) is 5.86. The van der Waals surface area contributed by atoms with E-state index in [1.165, 1.54) is 0 Å². The molecule has 6 heteroatoms. The Labute approximate surface area is 187 Å². The lowest BCUT2D eigenvalue weighted by molar-refractivity contribution is 0.0672. The lowest BCUT2D eigenvalue weighted by Crippen LogP contribution is -2.39. The van der Waals surface area contributed by atoms with Gasteiger partial charge in [0.25, 0.3) is 5.91 Å². The maximum absolute atomic E-state index is 13.7. The minimum absolute atomic E-state index is 0.131. The van der Waals surface area contributed by atoms with E-state index in [-0.39, 0.29) is 17.5 Å². The molecule has 3 aromatic rings. The second-order valence-corrected chi connectivity index (χ2v) is 7.73. The summed E-state index contributed by atoms with van der Waals surface area (Å²) < 4.78 is 10.9. The summed E-state index contributed by atoms with van der Waals surface area (Å²) in [6.45, 7) is 2.55. The van der Waals surface area contributed by atoms with Gasteiger partial charge in [0.2, 0.25) is 0 Å². The van der Waals surface area contributed by atoms with Crippen molar-refractivity contribution in [3.05, 3.63) is 82.9 Å². The van der Waals surface area contributed by atoms with Crippen LogP contribution in [0.4, 0.5) is 0 Å². The summed E-state index contributed by atoms with van der Waals surface area (Å²) in [5, 5.41) is 9.63. The number of aromatic carboxylic acids is 1. The van der Waals surface area contributed by atoms with Crippen LogP contribution in [0.15, 0.2) is 60.7 Å². The molecule has 0 radical (unpaired) electrons. The van der Waals surface area contributed by atoms with Gasteiger partial charge in [0.05, 0.1) is 25.8 Å². The van der Waals surface area contributed by atoms with Crippen molar-refractivity contribution >= 4 is 11.9 Å². The molecule has 6 nitrogen and oxygen atoms in total. The number of rotatable bonds is 5. The third-order valence-corrected chi connectivity index (χ3v) is 6.05. The van der Waals surface area contributed by atoms with Gasteiger partial charge in [0.1, 0.15) is 0 Å². The topological polar surface area (TPSA) is 76.1 Å². The lowest BCUT2D eigenvalue weighted by atomic mass is 9.90. The first-order valence-electron chi connectivity index (χ1n) is 10.4. The first-order chi connectivity index (χ1) is 15.5. The highest BCUT2D eigenvalue weighted by Gasteiger charge is 2.31. The smallest absolute Gasteiger partial charge is 0.336 e. The molecule has 0 fully saturated rings. The molecule has 4 rings (SSSR count). The number of amides is 1. The average molecular weight is 431 g/mol. The van der Waals surface area contributed by atoms with Crippen molar-refractivity contribution in [2.24, 2.45) is 0 Å². The van der Waals surface area contributed by atoms with Gasteiger partial charge in [-0.15, -0.1) is 0 Å². The molecule has 3 aromatic carbocycles. The molecular weight excluding hydrogens is 406 g/mol. The molecule has 32 heavy (non-hydrogen) atoms. The van der Waals surface area contributed by atoms with Crippen LogP contribution in [-0.2, 0) is 6.42 Å². The number of carboxylic acid groups (broad SMARTS) is 1. The Balaban J connectivity index is 1.74. The van der Waals surface area contributed by atoms with Crippen LogP contribution in [0, 0.1) is 0 Å². The highest BCUT2D eigenvalue weighted by molar-refractivity contribution is 6.04. The number of fused-ring (bicyclic) bond motifs is 1. The van der Waals surface area contributed by atoms with Crippen LogP contribution in [0.5, 0.6) is 11.5 Å². The van der Waals surface area contributed by atoms with E-state index >= 15 is 0 Å². The Morgan fingerprint density at radius 2 is 1.47 bits per heavy atom. The minimum Gasteiger partial charge on any atom is -0.493 e. The Morgan fingerprint density at radius 3 is 2.09 bits per heavy atom. The zero-order chi connectivity index (χ0) is 22.8. The highest BCUT2D eigenvalue weighted by Crippen LogP contribution is 2.39. The predicted octanol–water partition coefficient (Wildman–Crippen LogP) is 4.83. The first-order valence-corrected chi connectivity index (χ1v) is 10.4. The Bertz CT molecular complexity index is 1190. The van der Waals surface area contributed by atoms with Crippen LogP contribution in [0.3, 0.4) is 0 Å². The molecule has 0 unspecified atom stereocenters. The van der Waals surface area contributed by atoms with E-state index in [0.29, 0.717) is 41.2 Å². The fourth-order valence-electron chi connectivity index (χ4n) is 4.39. The summed E-state index contributed by atoms with van der Waals surface area (Å²) in [6.07, 6.45) is 0.694. The standard InChI is InChI=1S/C26H25NO5/c1-16-22-15-24(32-3)23(31-2)14-17(22)12-13-27(16)25(28)20-10-6-4-8-18(20)19-9-5-7-11-21(19)26(29)30/h4-11,14-16H,12-13H2,1-3H3,(H,29,30)/t16-/m0/s1. The van der Waals surface area contributed by atoms with Gasteiger partial charge in [0.15, 0.2) is 11.5 Å². The van der Waals surface area contributed by atoms with E-state index < -0.39 is 5.97 Å². The van der Waals surface area contributed by atoms with Crippen LogP contribution in [-0.4, -0.2) is 42.6 Å². The molecule has 1 aliphatic rings. The van der Waals surface area contributed by atoms with Crippen LogP contribution < -0.4 is 9.47 Å². The van der Waals surface area contributed by atoms with Crippen LogP contribution in [0.1, 0.15) is 44.8 Å². The van der Waals surface area contributed by atoms with E-state index in [1.807, 2.05) is 30.0 Å². The van der Waals surface area contributed by atoms with Crippen LogP contribution >= 0.6 is 0 Å². The molecule has 1 atom stereocenters. The van der Waals surface area contributed by atoms with E-state index in [0.717, 1.165) is 11.1 Å². The molecule has 1 aliphatic heterocycles. The van der Waals surface area contributed by atoms with Crippen molar-refractivity contribution in [2.75, 3.05) is 20.8 Å². The quantitative estimate of drug-likeness (QED) is 0.626. The molecule has 0 saturated heterocycles. The molecule has 0 aromatic heterocycles. The van der Waals surface area contributed by atoms with E-state index in [2.05, 4.69) is 0 Å². The summed E-state index contributed by atoms with van der Waals surface area (Å²) in [5.74, 6) is 0.148. The second-order valence-electron chi connectivity index (χ2n) is 7.73. The van der Waals surface area contributed by atoms with Gasteiger partial charge < -0.3 is 19.5 Å². The van der Waals surface area contributed by atoms with Crippen molar-refractivity contribution in [3.63, 3.8) is 0 Å². The summed E-state index contributed by atoms with van der Waals surface area (Å²) in [7, 11) is 3.20. The molecule has 1 amide bonds. The molecule has 1 heterocycles. The Hall–Kier alpha value is -3.80. The van der Waals surface area contributed by atoms with Crippen molar-refractivity contribution in [2.45, 2.75) is 19.4 Å². The number of hydrogen-bond donors (Lipinski definition) is 1. The molecule has 1 N–H and O–H groups in total. The zero-order valence-corrected chi connectivity index (χ0v) is 18.3. The third kappa shape index (κ3) is 3.68. The SMILES string of the molecule is COc1cc2c(cc1OC)[C@H](C)N(C(=O)c1ccccc1-c1ccccc1C(=O)O)CC2. The normalized spacial score (nSPS) is 15.1. The van der Waals surface area contributed by atoms with E-state index in [1.54, 1.807) is 56.7 Å². The summed E-state index contributed by atoms with van der Waals surface area (Å²) in [4.78, 5) is 27.3. The molecule has 0 bridgehead atoms.